The zero-order valence-corrected chi connectivity index (χ0v) is 12.6. The first-order chi connectivity index (χ1) is 10.2. The molecule has 3 N–H and O–H groups in total. The number of nitrogens with one attached hydrogen (secondary N) is 1. The predicted molar refractivity (Wildman–Crippen MR) is 85.4 cm³/mol. The fourth-order valence-electron chi connectivity index (χ4n) is 3.56. The monoisotopic (exact) mass is 287 g/mol. The number of carbonyl (C=O) groups excluding carboxylic acids is 1. The molecule has 0 aromatic heterocycles. The van der Waals surface area contributed by atoms with Gasteiger partial charge < -0.3 is 16.0 Å². The van der Waals surface area contributed by atoms with E-state index in [2.05, 4.69) is 22.3 Å². The minimum Gasteiger partial charge on any atom is -0.360 e. The van der Waals surface area contributed by atoms with Crippen LogP contribution in [0.5, 0.6) is 0 Å². The van der Waals surface area contributed by atoms with Crippen LogP contribution in [0.4, 0.5) is 5.69 Å². The van der Waals surface area contributed by atoms with Crippen molar-refractivity contribution in [1.82, 2.24) is 5.32 Å². The molecule has 1 aromatic carbocycles. The summed E-state index contributed by atoms with van der Waals surface area (Å²) < 4.78 is 0. The zero-order valence-electron chi connectivity index (χ0n) is 12.6. The Labute approximate surface area is 126 Å². The number of nitrogens with two attached hydrogens (primary N) is 1. The molecule has 0 radical (unpaired) electrons. The lowest BCUT2D eigenvalue weighted by Crippen LogP contribution is -2.49. The Balaban J connectivity index is 1.62. The van der Waals surface area contributed by atoms with Crippen LogP contribution in [0.1, 0.15) is 37.7 Å². The van der Waals surface area contributed by atoms with Gasteiger partial charge in [0.25, 0.3) is 0 Å². The van der Waals surface area contributed by atoms with E-state index in [1.807, 2.05) is 12.1 Å². The number of anilines is 1. The van der Waals surface area contributed by atoms with Crippen LogP contribution in [-0.2, 0) is 11.2 Å². The molecule has 1 heterocycles. The summed E-state index contributed by atoms with van der Waals surface area (Å²) in [5.41, 5.74) is 8.54. The second kappa shape index (κ2) is 6.48. The van der Waals surface area contributed by atoms with E-state index < -0.39 is 0 Å². The Morgan fingerprint density at radius 1 is 1.24 bits per heavy atom. The van der Waals surface area contributed by atoms with Gasteiger partial charge in [0, 0.05) is 24.3 Å². The Morgan fingerprint density at radius 3 is 2.81 bits per heavy atom. The van der Waals surface area contributed by atoms with E-state index in [1.165, 1.54) is 24.8 Å². The van der Waals surface area contributed by atoms with Crippen LogP contribution < -0.4 is 16.0 Å². The maximum absolute atomic E-state index is 12.3. The van der Waals surface area contributed by atoms with Gasteiger partial charge >= 0.3 is 0 Å². The topological polar surface area (TPSA) is 58.4 Å². The second-order valence-corrected chi connectivity index (χ2v) is 6.38. The largest absolute Gasteiger partial charge is 0.360 e. The number of amides is 1. The molecule has 1 amide bonds. The van der Waals surface area contributed by atoms with Crippen molar-refractivity contribution in [2.45, 2.75) is 50.6 Å². The van der Waals surface area contributed by atoms with Crippen molar-refractivity contribution in [3.63, 3.8) is 0 Å². The van der Waals surface area contributed by atoms with Gasteiger partial charge in [-0.2, -0.15) is 0 Å². The van der Waals surface area contributed by atoms with Crippen molar-refractivity contribution >= 4 is 11.6 Å². The number of para-hydroxylation sites is 1. The van der Waals surface area contributed by atoms with Crippen molar-refractivity contribution in [2.24, 2.45) is 5.73 Å². The van der Waals surface area contributed by atoms with Crippen molar-refractivity contribution in [1.29, 1.82) is 0 Å². The number of nitrogens with zero attached hydrogens (tertiary/aromatic N) is 1. The highest BCUT2D eigenvalue weighted by molar-refractivity contribution is 5.82. The van der Waals surface area contributed by atoms with Crippen molar-refractivity contribution in [3.05, 3.63) is 29.8 Å². The molecule has 114 valence electrons. The lowest BCUT2D eigenvalue weighted by Gasteiger charge is -2.34. The SMILES string of the molecule is NC1Cc2ccccc2N(CC(=O)NC2CCCCC2)C1. The maximum Gasteiger partial charge on any atom is 0.239 e. The summed E-state index contributed by atoms with van der Waals surface area (Å²) in [6.07, 6.45) is 6.94. The Bertz CT molecular complexity index is 497. The summed E-state index contributed by atoms with van der Waals surface area (Å²) in [6, 6.07) is 8.76. The highest BCUT2D eigenvalue weighted by Crippen LogP contribution is 2.26. The number of hydrogen-bond donors (Lipinski definition) is 2. The number of benzene rings is 1. The van der Waals surface area contributed by atoms with Gasteiger partial charge in [-0.1, -0.05) is 37.5 Å². The predicted octanol–water partition coefficient (Wildman–Crippen LogP) is 1.83. The van der Waals surface area contributed by atoms with Gasteiger partial charge in [-0.15, -0.1) is 0 Å². The molecule has 1 aliphatic heterocycles. The van der Waals surface area contributed by atoms with Crippen molar-refractivity contribution in [3.8, 4) is 0 Å². The summed E-state index contributed by atoms with van der Waals surface area (Å²) in [7, 11) is 0. The van der Waals surface area contributed by atoms with Gasteiger partial charge in [0.2, 0.25) is 5.91 Å². The summed E-state index contributed by atoms with van der Waals surface area (Å²) in [6.45, 7) is 1.18. The molecule has 3 rings (SSSR count). The molecule has 21 heavy (non-hydrogen) atoms. The highest BCUT2D eigenvalue weighted by atomic mass is 16.2. The first-order valence-corrected chi connectivity index (χ1v) is 8.10. The molecule has 1 aromatic rings. The molecule has 0 bridgehead atoms. The van der Waals surface area contributed by atoms with Crippen molar-refractivity contribution < 1.29 is 4.79 Å². The molecule has 0 saturated heterocycles. The van der Waals surface area contributed by atoms with Gasteiger partial charge in [0.15, 0.2) is 0 Å². The minimum atomic E-state index is 0.113. The van der Waals surface area contributed by atoms with Crippen LogP contribution in [0.25, 0.3) is 0 Å². The fourth-order valence-corrected chi connectivity index (χ4v) is 3.56. The molecular weight excluding hydrogens is 262 g/mol. The van der Waals surface area contributed by atoms with Gasteiger partial charge in [-0.25, -0.2) is 0 Å². The van der Waals surface area contributed by atoms with E-state index in [0.29, 0.717) is 12.6 Å². The quantitative estimate of drug-likeness (QED) is 0.891. The number of rotatable bonds is 3. The van der Waals surface area contributed by atoms with E-state index in [4.69, 9.17) is 5.73 Å². The molecule has 0 spiro atoms. The van der Waals surface area contributed by atoms with E-state index in [-0.39, 0.29) is 11.9 Å². The third-order valence-corrected chi connectivity index (χ3v) is 4.57. The van der Waals surface area contributed by atoms with Gasteiger partial charge in [-0.3, -0.25) is 4.79 Å². The van der Waals surface area contributed by atoms with Crippen LogP contribution in [0.2, 0.25) is 0 Å². The summed E-state index contributed by atoms with van der Waals surface area (Å²) in [5.74, 6) is 0.130. The van der Waals surface area contributed by atoms with E-state index in [1.54, 1.807) is 0 Å². The molecule has 4 nitrogen and oxygen atoms in total. The third kappa shape index (κ3) is 3.56. The second-order valence-electron chi connectivity index (χ2n) is 6.38. The van der Waals surface area contributed by atoms with Crippen molar-refractivity contribution in [2.75, 3.05) is 18.0 Å². The first kappa shape index (κ1) is 14.4. The Morgan fingerprint density at radius 2 is 2.00 bits per heavy atom. The van der Waals surface area contributed by atoms with E-state index in [9.17, 15) is 4.79 Å². The van der Waals surface area contributed by atoms with Crippen LogP contribution in [0, 0.1) is 0 Å². The van der Waals surface area contributed by atoms with Gasteiger partial charge in [0.1, 0.15) is 0 Å². The smallest absolute Gasteiger partial charge is 0.239 e. The molecular formula is C17H25N3O. The molecule has 1 saturated carbocycles. The normalized spacial score (nSPS) is 22.7. The van der Waals surface area contributed by atoms with E-state index >= 15 is 0 Å². The van der Waals surface area contributed by atoms with Crippen LogP contribution in [-0.4, -0.2) is 31.1 Å². The Kier molecular flexibility index (Phi) is 4.44. The number of fused-ring (bicyclic) bond motifs is 1. The maximum atomic E-state index is 12.3. The van der Waals surface area contributed by atoms with Crippen LogP contribution >= 0.6 is 0 Å². The summed E-state index contributed by atoms with van der Waals surface area (Å²) in [4.78, 5) is 14.4. The highest BCUT2D eigenvalue weighted by Gasteiger charge is 2.24. The molecule has 4 heteroatoms. The number of hydrogen-bond acceptors (Lipinski definition) is 3. The summed E-state index contributed by atoms with van der Waals surface area (Å²) in [5, 5.41) is 3.19. The Hall–Kier alpha value is -1.55. The standard InChI is InChI=1S/C17H25N3O/c18-14-10-13-6-4-5-9-16(13)20(11-14)12-17(21)19-15-7-2-1-3-8-15/h4-6,9,14-15H,1-3,7-8,10-12,18H2,(H,19,21). The first-order valence-electron chi connectivity index (χ1n) is 8.10. The summed E-state index contributed by atoms with van der Waals surface area (Å²) >= 11 is 0. The number of carbonyl (C=O) groups is 1. The zero-order chi connectivity index (χ0) is 14.7. The lowest BCUT2D eigenvalue weighted by molar-refractivity contribution is -0.120. The molecule has 2 aliphatic rings. The average Bonchev–Trinajstić information content (AvgIpc) is 2.48. The minimum absolute atomic E-state index is 0.113. The molecule has 1 unspecified atom stereocenters. The third-order valence-electron chi connectivity index (χ3n) is 4.57. The molecule has 1 atom stereocenters. The van der Waals surface area contributed by atoms with Gasteiger partial charge in [-0.05, 0) is 30.9 Å². The van der Waals surface area contributed by atoms with Gasteiger partial charge in [0.05, 0.1) is 6.54 Å². The molecule has 1 aliphatic carbocycles. The lowest BCUT2D eigenvalue weighted by atomic mass is 9.95. The molecule has 1 fully saturated rings. The van der Waals surface area contributed by atoms with E-state index in [0.717, 1.165) is 31.5 Å². The van der Waals surface area contributed by atoms with Crippen LogP contribution in [0.15, 0.2) is 24.3 Å². The fraction of sp³-hybridized carbons (Fsp3) is 0.588. The average molecular weight is 287 g/mol. The van der Waals surface area contributed by atoms with Crippen LogP contribution in [0.3, 0.4) is 0 Å².